The van der Waals surface area contributed by atoms with E-state index in [1.807, 2.05) is 48.5 Å². The van der Waals surface area contributed by atoms with Crippen molar-refractivity contribution in [2.75, 3.05) is 5.73 Å². The molecule has 2 aromatic carbocycles. The third-order valence-electron chi connectivity index (χ3n) is 4.97. The third kappa shape index (κ3) is 3.04. The first-order chi connectivity index (χ1) is 13.7. The zero-order valence-electron chi connectivity index (χ0n) is 15.2. The molecule has 1 aliphatic rings. The van der Waals surface area contributed by atoms with Gasteiger partial charge in [0.2, 0.25) is 0 Å². The average molecular weight is 385 g/mol. The van der Waals surface area contributed by atoms with Crippen LogP contribution in [0.2, 0.25) is 0 Å². The summed E-state index contributed by atoms with van der Waals surface area (Å²) in [5.74, 6) is -0.0942. The maximum Gasteiger partial charge on any atom is 0.263 e. The Bertz CT molecular complexity index is 1160. The number of nitrogens with one attached hydrogen (secondary N) is 1. The number of carbonyl (C=O) groups excluding carboxylic acids is 1. The van der Waals surface area contributed by atoms with Crippen molar-refractivity contribution in [3.05, 3.63) is 71.6 Å². The van der Waals surface area contributed by atoms with E-state index in [4.69, 9.17) is 10.7 Å². The van der Waals surface area contributed by atoms with Crippen molar-refractivity contribution in [2.24, 2.45) is 0 Å². The van der Waals surface area contributed by atoms with Crippen molar-refractivity contribution in [1.29, 1.82) is 0 Å². The summed E-state index contributed by atoms with van der Waals surface area (Å²) in [6.45, 7) is 0. The molecule has 0 radical (unpaired) electrons. The monoisotopic (exact) mass is 385 g/mol. The van der Waals surface area contributed by atoms with Crippen LogP contribution in [-0.4, -0.2) is 16.9 Å². The lowest BCUT2D eigenvalue weighted by atomic mass is 9.99. The molecule has 1 amide bonds. The van der Waals surface area contributed by atoms with E-state index < -0.39 is 0 Å². The number of carbonyl (C=O) groups is 1. The fraction of sp³-hybridized carbons (Fsp3) is 0.130. The van der Waals surface area contributed by atoms with Gasteiger partial charge >= 0.3 is 0 Å². The van der Waals surface area contributed by atoms with Gasteiger partial charge in [0, 0.05) is 17.0 Å². The number of fused-ring (bicyclic) bond motifs is 1. The molecule has 4 nitrogen and oxygen atoms in total. The van der Waals surface area contributed by atoms with Crippen LogP contribution in [0.25, 0.3) is 32.6 Å². The number of aromatic nitrogens is 1. The molecule has 5 heteroatoms. The van der Waals surface area contributed by atoms with Gasteiger partial charge in [-0.3, -0.25) is 4.79 Å². The minimum absolute atomic E-state index is 0.0942. The molecule has 5 rings (SSSR count). The summed E-state index contributed by atoms with van der Waals surface area (Å²) in [7, 11) is 0. The molecule has 1 saturated carbocycles. The Balaban J connectivity index is 1.73. The highest BCUT2D eigenvalue weighted by atomic mass is 32.1. The standard InChI is InChI=1S/C23H19N3OS/c24-20-19-17(14-7-3-1-4-8-14)13-18(15-9-5-2-6-10-15)26-23(19)28-21(20)22(27)25-16-11-12-16/h1-10,13,16H,11-12,24H2,(H,25,27). The predicted octanol–water partition coefficient (Wildman–Crippen LogP) is 5.10. The second-order valence-electron chi connectivity index (χ2n) is 7.06. The van der Waals surface area contributed by atoms with Crippen LogP contribution in [0, 0.1) is 0 Å². The topological polar surface area (TPSA) is 68.0 Å². The molecule has 2 heterocycles. The van der Waals surface area contributed by atoms with Gasteiger partial charge in [0.15, 0.2) is 0 Å². The smallest absolute Gasteiger partial charge is 0.263 e. The van der Waals surface area contributed by atoms with Crippen molar-refractivity contribution < 1.29 is 4.79 Å². The molecule has 0 unspecified atom stereocenters. The Morgan fingerprint density at radius 3 is 2.29 bits per heavy atom. The third-order valence-corrected chi connectivity index (χ3v) is 6.07. The number of pyridine rings is 1. The van der Waals surface area contributed by atoms with Crippen molar-refractivity contribution in [1.82, 2.24) is 10.3 Å². The lowest BCUT2D eigenvalue weighted by Crippen LogP contribution is -2.25. The highest BCUT2D eigenvalue weighted by Crippen LogP contribution is 2.41. The average Bonchev–Trinajstić information content (AvgIpc) is 3.49. The minimum Gasteiger partial charge on any atom is -0.397 e. The summed E-state index contributed by atoms with van der Waals surface area (Å²) in [6, 6.07) is 22.6. The molecule has 4 aromatic rings. The van der Waals surface area contributed by atoms with Crippen LogP contribution in [0.15, 0.2) is 66.7 Å². The van der Waals surface area contributed by atoms with E-state index in [1.165, 1.54) is 11.3 Å². The first-order valence-corrected chi connectivity index (χ1v) is 10.2. The number of hydrogen-bond acceptors (Lipinski definition) is 4. The van der Waals surface area contributed by atoms with Crippen LogP contribution >= 0.6 is 11.3 Å². The maximum atomic E-state index is 12.7. The first kappa shape index (κ1) is 17.0. The van der Waals surface area contributed by atoms with Crippen LogP contribution in [0.5, 0.6) is 0 Å². The fourth-order valence-corrected chi connectivity index (χ4v) is 4.39. The number of benzene rings is 2. The summed E-state index contributed by atoms with van der Waals surface area (Å²) in [5, 5.41) is 3.90. The lowest BCUT2D eigenvalue weighted by Gasteiger charge is -2.09. The summed E-state index contributed by atoms with van der Waals surface area (Å²) in [6.07, 6.45) is 2.09. The van der Waals surface area contributed by atoms with E-state index in [9.17, 15) is 4.79 Å². The quantitative estimate of drug-likeness (QED) is 0.513. The Morgan fingerprint density at radius 1 is 1.00 bits per heavy atom. The molecule has 0 aliphatic heterocycles. The van der Waals surface area contributed by atoms with E-state index >= 15 is 0 Å². The van der Waals surface area contributed by atoms with Gasteiger partial charge in [-0.05, 0) is 30.0 Å². The molecular formula is C23H19N3OS. The Labute approximate surface area is 167 Å². The van der Waals surface area contributed by atoms with E-state index in [-0.39, 0.29) is 5.91 Å². The lowest BCUT2D eigenvalue weighted by molar-refractivity contribution is 0.0956. The van der Waals surface area contributed by atoms with Gasteiger partial charge in [-0.25, -0.2) is 4.98 Å². The van der Waals surface area contributed by atoms with Crippen LogP contribution in [0.1, 0.15) is 22.5 Å². The second kappa shape index (κ2) is 6.77. The molecule has 138 valence electrons. The zero-order chi connectivity index (χ0) is 19.1. The van der Waals surface area contributed by atoms with E-state index in [0.29, 0.717) is 16.6 Å². The van der Waals surface area contributed by atoms with E-state index in [2.05, 4.69) is 23.5 Å². The Kier molecular flexibility index (Phi) is 4.10. The van der Waals surface area contributed by atoms with Crippen LogP contribution < -0.4 is 11.1 Å². The largest absolute Gasteiger partial charge is 0.397 e. The molecule has 28 heavy (non-hydrogen) atoms. The normalized spacial score (nSPS) is 13.6. The predicted molar refractivity (Wildman–Crippen MR) is 115 cm³/mol. The Hall–Kier alpha value is -3.18. The van der Waals surface area contributed by atoms with Gasteiger partial charge in [0.05, 0.1) is 11.4 Å². The molecule has 0 saturated heterocycles. The number of nitrogens with two attached hydrogens (primary N) is 1. The van der Waals surface area contributed by atoms with E-state index in [1.54, 1.807) is 0 Å². The van der Waals surface area contributed by atoms with Gasteiger partial charge < -0.3 is 11.1 Å². The van der Waals surface area contributed by atoms with Gasteiger partial charge in [-0.15, -0.1) is 11.3 Å². The van der Waals surface area contributed by atoms with E-state index in [0.717, 1.165) is 45.4 Å². The molecule has 1 aliphatic carbocycles. The minimum atomic E-state index is -0.0942. The second-order valence-corrected chi connectivity index (χ2v) is 8.06. The molecule has 1 fully saturated rings. The number of hydrogen-bond donors (Lipinski definition) is 2. The summed E-state index contributed by atoms with van der Waals surface area (Å²) < 4.78 is 0. The highest BCUT2D eigenvalue weighted by molar-refractivity contribution is 7.21. The summed E-state index contributed by atoms with van der Waals surface area (Å²) in [5.41, 5.74) is 11.0. The number of nitrogen functional groups attached to an aromatic ring is 1. The van der Waals surface area contributed by atoms with Gasteiger partial charge in [-0.1, -0.05) is 60.7 Å². The zero-order valence-corrected chi connectivity index (χ0v) is 16.0. The summed E-state index contributed by atoms with van der Waals surface area (Å²) in [4.78, 5) is 18.9. The maximum absolute atomic E-state index is 12.7. The molecule has 3 N–H and O–H groups in total. The number of amides is 1. The van der Waals surface area contributed by atoms with Crippen molar-refractivity contribution >= 4 is 33.1 Å². The first-order valence-electron chi connectivity index (χ1n) is 9.35. The van der Waals surface area contributed by atoms with Crippen molar-refractivity contribution in [2.45, 2.75) is 18.9 Å². The number of rotatable bonds is 4. The Morgan fingerprint density at radius 2 is 1.64 bits per heavy atom. The van der Waals surface area contributed by atoms with Gasteiger partial charge in [0.1, 0.15) is 9.71 Å². The highest BCUT2D eigenvalue weighted by Gasteiger charge is 2.27. The molecule has 2 aromatic heterocycles. The summed E-state index contributed by atoms with van der Waals surface area (Å²) >= 11 is 1.37. The van der Waals surface area contributed by atoms with Crippen LogP contribution in [-0.2, 0) is 0 Å². The molecule has 0 atom stereocenters. The number of anilines is 1. The van der Waals surface area contributed by atoms with Crippen molar-refractivity contribution in [3.63, 3.8) is 0 Å². The van der Waals surface area contributed by atoms with Crippen LogP contribution in [0.4, 0.5) is 5.69 Å². The SMILES string of the molecule is Nc1c(C(=O)NC2CC2)sc2nc(-c3ccccc3)cc(-c3ccccc3)c12. The van der Waals surface area contributed by atoms with Crippen molar-refractivity contribution in [3.8, 4) is 22.4 Å². The molecule has 0 bridgehead atoms. The molecule has 0 spiro atoms. The molecular weight excluding hydrogens is 366 g/mol. The number of nitrogens with zero attached hydrogens (tertiary/aromatic N) is 1. The van der Waals surface area contributed by atoms with Gasteiger partial charge in [-0.2, -0.15) is 0 Å². The van der Waals surface area contributed by atoms with Gasteiger partial charge in [0.25, 0.3) is 5.91 Å². The van der Waals surface area contributed by atoms with Crippen LogP contribution in [0.3, 0.4) is 0 Å². The number of thiophene rings is 1. The fourth-order valence-electron chi connectivity index (χ4n) is 3.37.